The normalized spacial score (nSPS) is 19.7. The van der Waals surface area contributed by atoms with Gasteiger partial charge in [0.2, 0.25) is 5.91 Å². The maximum atomic E-state index is 13.0. The molecule has 1 aromatic heterocycles. The van der Waals surface area contributed by atoms with E-state index < -0.39 is 0 Å². The van der Waals surface area contributed by atoms with Crippen molar-refractivity contribution in [2.24, 2.45) is 0 Å². The highest BCUT2D eigenvalue weighted by atomic mass is 16.2. The lowest BCUT2D eigenvalue weighted by Crippen LogP contribution is -2.51. The number of rotatable bonds is 4. The van der Waals surface area contributed by atoms with E-state index in [2.05, 4.69) is 26.3 Å². The molecule has 0 radical (unpaired) electrons. The first-order valence-electron chi connectivity index (χ1n) is 9.88. The van der Waals surface area contributed by atoms with Crippen LogP contribution in [0.25, 0.3) is 0 Å². The highest BCUT2D eigenvalue weighted by molar-refractivity contribution is 5.96. The zero-order chi connectivity index (χ0) is 19.3. The number of para-hydroxylation sites is 1. The van der Waals surface area contributed by atoms with Gasteiger partial charge in [-0.3, -0.25) is 14.5 Å². The lowest BCUT2D eigenvalue weighted by molar-refractivity contribution is -0.120. The van der Waals surface area contributed by atoms with Gasteiger partial charge in [0, 0.05) is 31.0 Å². The fourth-order valence-corrected chi connectivity index (χ4v) is 4.07. The van der Waals surface area contributed by atoms with Crippen molar-refractivity contribution in [3.63, 3.8) is 0 Å². The number of carbonyl (C=O) groups excluding carboxylic acids is 2. The number of hydrogen-bond acceptors (Lipinski definition) is 5. The predicted molar refractivity (Wildman–Crippen MR) is 106 cm³/mol. The number of likely N-dealkylation sites (tertiary alicyclic amines) is 1. The van der Waals surface area contributed by atoms with E-state index in [1.807, 2.05) is 23.1 Å². The second-order valence-corrected chi connectivity index (χ2v) is 7.42. The zero-order valence-corrected chi connectivity index (χ0v) is 15.9. The van der Waals surface area contributed by atoms with Crippen LogP contribution in [-0.2, 0) is 11.2 Å². The Kier molecular flexibility index (Phi) is 5.62. The van der Waals surface area contributed by atoms with Gasteiger partial charge < -0.3 is 10.2 Å². The van der Waals surface area contributed by atoms with E-state index in [9.17, 15) is 9.59 Å². The van der Waals surface area contributed by atoms with Crippen LogP contribution in [0.15, 0.2) is 42.9 Å². The van der Waals surface area contributed by atoms with Crippen molar-refractivity contribution in [3.8, 4) is 0 Å². The molecule has 0 saturated carbocycles. The van der Waals surface area contributed by atoms with Crippen LogP contribution in [0.5, 0.6) is 0 Å². The molecule has 0 aliphatic carbocycles. The second-order valence-electron chi connectivity index (χ2n) is 7.42. The highest BCUT2D eigenvalue weighted by Crippen LogP contribution is 2.27. The van der Waals surface area contributed by atoms with Crippen molar-refractivity contribution in [1.82, 2.24) is 20.2 Å². The number of hydrogen-bond donors (Lipinski definition) is 1. The molecule has 146 valence electrons. The lowest BCUT2D eigenvalue weighted by atomic mass is 10.0. The summed E-state index contributed by atoms with van der Waals surface area (Å²) >= 11 is 0. The molecule has 1 fully saturated rings. The molecule has 4 rings (SSSR count). The van der Waals surface area contributed by atoms with Crippen LogP contribution in [-0.4, -0.2) is 58.9 Å². The molecular weight excluding hydrogens is 354 g/mol. The molecule has 0 bridgehead atoms. The summed E-state index contributed by atoms with van der Waals surface area (Å²) in [7, 11) is 0. The van der Waals surface area contributed by atoms with E-state index >= 15 is 0 Å². The number of aromatic nitrogens is 2. The molecule has 0 spiro atoms. The Balaban J connectivity index is 1.35. The van der Waals surface area contributed by atoms with Gasteiger partial charge in [0.05, 0.1) is 6.54 Å². The standard InChI is InChI=1S/C21H25N5O2/c27-20(26-12-3-6-16-5-1-2-8-19(16)26)14-25-11-4-7-17(13-25)24-21(28)18-9-10-22-15-23-18/h1-2,5,8-10,15,17H,3-4,6-7,11-14H2,(H,24,28). The second kappa shape index (κ2) is 8.48. The van der Waals surface area contributed by atoms with Crippen LogP contribution >= 0.6 is 0 Å². The molecule has 7 heteroatoms. The van der Waals surface area contributed by atoms with Crippen LogP contribution in [0.4, 0.5) is 5.69 Å². The molecule has 1 N–H and O–H groups in total. The van der Waals surface area contributed by atoms with Gasteiger partial charge in [0.1, 0.15) is 12.0 Å². The fourth-order valence-electron chi connectivity index (χ4n) is 4.07. The van der Waals surface area contributed by atoms with Crippen molar-refractivity contribution in [2.75, 3.05) is 31.1 Å². The number of carbonyl (C=O) groups is 2. The Bertz CT molecular complexity index is 842. The van der Waals surface area contributed by atoms with Crippen molar-refractivity contribution in [1.29, 1.82) is 0 Å². The van der Waals surface area contributed by atoms with Gasteiger partial charge >= 0.3 is 0 Å². The van der Waals surface area contributed by atoms with E-state index in [-0.39, 0.29) is 17.9 Å². The molecule has 2 aliphatic heterocycles. The van der Waals surface area contributed by atoms with Gasteiger partial charge in [0.25, 0.3) is 5.91 Å². The Morgan fingerprint density at radius 1 is 1.14 bits per heavy atom. The first-order chi connectivity index (χ1) is 13.7. The fraction of sp³-hybridized carbons (Fsp3) is 0.429. The number of fused-ring (bicyclic) bond motifs is 1. The van der Waals surface area contributed by atoms with Gasteiger partial charge in [-0.15, -0.1) is 0 Å². The molecule has 2 amide bonds. The smallest absolute Gasteiger partial charge is 0.270 e. The predicted octanol–water partition coefficient (Wildman–Crippen LogP) is 1.65. The molecule has 3 heterocycles. The third-order valence-corrected chi connectivity index (χ3v) is 5.43. The molecule has 1 unspecified atom stereocenters. The minimum Gasteiger partial charge on any atom is -0.347 e. The minimum atomic E-state index is -0.189. The molecule has 2 aromatic rings. The Morgan fingerprint density at radius 3 is 2.89 bits per heavy atom. The van der Waals surface area contributed by atoms with E-state index in [0.717, 1.165) is 44.5 Å². The average Bonchev–Trinajstić information content (AvgIpc) is 2.74. The quantitative estimate of drug-likeness (QED) is 0.874. The summed E-state index contributed by atoms with van der Waals surface area (Å²) in [4.78, 5) is 37.2. The maximum Gasteiger partial charge on any atom is 0.270 e. The lowest BCUT2D eigenvalue weighted by Gasteiger charge is -2.35. The molecule has 1 saturated heterocycles. The summed E-state index contributed by atoms with van der Waals surface area (Å²) in [5.74, 6) is -0.0551. The Hall–Kier alpha value is -2.80. The maximum absolute atomic E-state index is 13.0. The average molecular weight is 379 g/mol. The number of nitrogens with zero attached hydrogens (tertiary/aromatic N) is 4. The third kappa shape index (κ3) is 4.20. The number of amides is 2. The molecule has 28 heavy (non-hydrogen) atoms. The molecule has 7 nitrogen and oxygen atoms in total. The highest BCUT2D eigenvalue weighted by Gasteiger charge is 2.27. The van der Waals surface area contributed by atoms with Crippen LogP contribution in [0.1, 0.15) is 35.3 Å². The number of nitrogens with one attached hydrogen (secondary N) is 1. The van der Waals surface area contributed by atoms with Crippen LogP contribution in [0, 0.1) is 0 Å². The third-order valence-electron chi connectivity index (χ3n) is 5.43. The number of piperidine rings is 1. The Labute approximate surface area is 164 Å². The van der Waals surface area contributed by atoms with Crippen molar-refractivity contribution in [3.05, 3.63) is 54.1 Å². The van der Waals surface area contributed by atoms with Crippen LogP contribution in [0.3, 0.4) is 0 Å². The number of anilines is 1. The van der Waals surface area contributed by atoms with Gasteiger partial charge in [-0.1, -0.05) is 18.2 Å². The van der Waals surface area contributed by atoms with Crippen molar-refractivity contribution >= 4 is 17.5 Å². The van der Waals surface area contributed by atoms with E-state index in [4.69, 9.17) is 0 Å². The molecular formula is C21H25N5O2. The zero-order valence-electron chi connectivity index (χ0n) is 15.9. The number of aryl methyl sites for hydroxylation is 1. The Morgan fingerprint density at radius 2 is 2.04 bits per heavy atom. The summed E-state index contributed by atoms with van der Waals surface area (Å²) in [5.41, 5.74) is 2.66. The first kappa shape index (κ1) is 18.6. The van der Waals surface area contributed by atoms with E-state index in [0.29, 0.717) is 18.8 Å². The summed E-state index contributed by atoms with van der Waals surface area (Å²) < 4.78 is 0. The molecule has 1 aromatic carbocycles. The van der Waals surface area contributed by atoms with Gasteiger partial charge in [-0.05, 0) is 49.9 Å². The largest absolute Gasteiger partial charge is 0.347 e. The van der Waals surface area contributed by atoms with Crippen LogP contribution in [0.2, 0.25) is 0 Å². The molecule has 1 atom stereocenters. The van der Waals surface area contributed by atoms with E-state index in [1.165, 1.54) is 11.9 Å². The number of benzene rings is 1. The summed E-state index contributed by atoms with van der Waals surface area (Å²) in [6.07, 6.45) is 6.83. The molecule has 2 aliphatic rings. The van der Waals surface area contributed by atoms with Crippen LogP contribution < -0.4 is 10.2 Å². The van der Waals surface area contributed by atoms with Gasteiger partial charge in [0.15, 0.2) is 0 Å². The van der Waals surface area contributed by atoms with Gasteiger partial charge in [-0.25, -0.2) is 9.97 Å². The van der Waals surface area contributed by atoms with Gasteiger partial charge in [-0.2, -0.15) is 0 Å². The van der Waals surface area contributed by atoms with E-state index in [1.54, 1.807) is 12.3 Å². The summed E-state index contributed by atoms with van der Waals surface area (Å²) in [6, 6.07) is 9.79. The minimum absolute atomic E-state index is 0.0256. The first-order valence-corrected chi connectivity index (χ1v) is 9.88. The SMILES string of the molecule is O=C(NC1CCCN(CC(=O)N2CCCc3ccccc32)C1)c1ccncn1. The topological polar surface area (TPSA) is 78.4 Å². The monoisotopic (exact) mass is 379 g/mol. The van der Waals surface area contributed by atoms with Crippen molar-refractivity contribution < 1.29 is 9.59 Å². The summed E-state index contributed by atoms with van der Waals surface area (Å²) in [5, 5.41) is 3.04. The van der Waals surface area contributed by atoms with Crippen molar-refractivity contribution in [2.45, 2.75) is 31.7 Å². The summed E-state index contributed by atoms with van der Waals surface area (Å²) in [6.45, 7) is 2.71.